The van der Waals surface area contributed by atoms with Gasteiger partial charge in [0.1, 0.15) is 5.75 Å². The summed E-state index contributed by atoms with van der Waals surface area (Å²) >= 11 is 8.74. The number of halogens is 1. The first kappa shape index (κ1) is 26.4. The van der Waals surface area contributed by atoms with Gasteiger partial charge in [0.2, 0.25) is 5.91 Å². The van der Waals surface area contributed by atoms with Crippen molar-refractivity contribution in [3.63, 3.8) is 0 Å². The highest BCUT2D eigenvalue weighted by Gasteiger charge is 2.15. The smallest absolute Gasteiger partial charge is 0.261 e. The van der Waals surface area contributed by atoms with Crippen LogP contribution in [0.4, 0.5) is 11.4 Å². The Morgan fingerprint density at radius 2 is 1.69 bits per heavy atom. The monoisotopic (exact) mass is 553 g/mol. The van der Waals surface area contributed by atoms with Gasteiger partial charge >= 0.3 is 0 Å². The Morgan fingerprint density at radius 3 is 2.43 bits per heavy atom. The maximum Gasteiger partial charge on any atom is 0.261 e. The normalized spacial score (nSPS) is 10.3. The van der Waals surface area contributed by atoms with Crippen molar-refractivity contribution in [2.24, 2.45) is 0 Å². The number of unbranched alkanes of at least 4 members (excludes halogenated alkanes) is 1. The van der Waals surface area contributed by atoms with E-state index in [1.165, 1.54) is 0 Å². The molecule has 0 saturated carbocycles. The summed E-state index contributed by atoms with van der Waals surface area (Å²) in [6, 6.07) is 22.3. The lowest BCUT2D eigenvalue weighted by molar-refractivity contribution is -0.116. The summed E-state index contributed by atoms with van der Waals surface area (Å²) in [6.45, 7) is 2.61. The van der Waals surface area contributed by atoms with E-state index >= 15 is 0 Å². The second-order valence-electron chi connectivity index (χ2n) is 7.87. The summed E-state index contributed by atoms with van der Waals surface area (Å²) in [5, 5.41) is 8.73. The molecule has 0 radical (unpaired) electrons. The van der Waals surface area contributed by atoms with Crippen LogP contribution in [0.5, 0.6) is 5.75 Å². The average Bonchev–Trinajstić information content (AvgIpc) is 2.84. The number of hydrogen-bond donors (Lipinski definition) is 3. The highest BCUT2D eigenvalue weighted by Crippen LogP contribution is 2.24. The van der Waals surface area contributed by atoms with E-state index in [4.69, 9.17) is 17.0 Å². The Labute approximate surface area is 219 Å². The van der Waals surface area contributed by atoms with E-state index in [0.717, 1.165) is 22.9 Å². The standard InChI is InChI=1S/C27H28BrN3O3S/c1-2-3-16-34-24-14-13-20(28)17-23(24)26(33)31-27(35)30-22-11-7-10-21(18-22)29-25(32)15-12-19-8-5-4-6-9-19/h4-11,13-14,17-18H,2-3,12,15-16H2,1H3,(H,29,32)(H2,30,31,33,35). The molecule has 3 aromatic rings. The molecule has 0 saturated heterocycles. The summed E-state index contributed by atoms with van der Waals surface area (Å²) < 4.78 is 6.53. The fourth-order valence-electron chi connectivity index (χ4n) is 3.27. The number of benzene rings is 3. The first-order valence-electron chi connectivity index (χ1n) is 11.4. The van der Waals surface area contributed by atoms with Gasteiger partial charge in [-0.05, 0) is 67.0 Å². The van der Waals surface area contributed by atoms with Crippen LogP contribution < -0.4 is 20.7 Å². The maximum absolute atomic E-state index is 12.9. The van der Waals surface area contributed by atoms with Crippen LogP contribution >= 0.6 is 28.1 Å². The molecule has 182 valence electrons. The van der Waals surface area contributed by atoms with Crippen LogP contribution in [0.1, 0.15) is 42.1 Å². The average molecular weight is 555 g/mol. The van der Waals surface area contributed by atoms with Crippen molar-refractivity contribution in [3.05, 3.63) is 88.4 Å². The van der Waals surface area contributed by atoms with E-state index in [-0.39, 0.29) is 16.9 Å². The molecule has 35 heavy (non-hydrogen) atoms. The van der Waals surface area contributed by atoms with Gasteiger partial charge in [0.05, 0.1) is 12.2 Å². The molecule has 3 aromatic carbocycles. The van der Waals surface area contributed by atoms with E-state index in [0.29, 0.717) is 42.1 Å². The molecule has 6 nitrogen and oxygen atoms in total. The molecular weight excluding hydrogens is 526 g/mol. The molecule has 3 N–H and O–H groups in total. The van der Waals surface area contributed by atoms with Crippen molar-refractivity contribution < 1.29 is 14.3 Å². The molecular formula is C27H28BrN3O3S. The summed E-state index contributed by atoms with van der Waals surface area (Å²) in [6.07, 6.45) is 2.95. The SMILES string of the molecule is CCCCOc1ccc(Br)cc1C(=O)NC(=S)Nc1cccc(NC(=O)CCc2ccccc2)c1. The van der Waals surface area contributed by atoms with Crippen molar-refractivity contribution in [2.75, 3.05) is 17.2 Å². The van der Waals surface area contributed by atoms with Crippen LogP contribution in [0.2, 0.25) is 0 Å². The Bertz CT molecular complexity index is 1170. The minimum absolute atomic E-state index is 0.0767. The second kappa shape index (κ2) is 13.6. The molecule has 0 aliphatic rings. The molecule has 0 bridgehead atoms. The maximum atomic E-state index is 12.9. The number of amides is 2. The first-order valence-corrected chi connectivity index (χ1v) is 12.6. The van der Waals surface area contributed by atoms with Gasteiger partial charge < -0.3 is 15.4 Å². The highest BCUT2D eigenvalue weighted by molar-refractivity contribution is 9.10. The largest absolute Gasteiger partial charge is 0.493 e. The zero-order valence-electron chi connectivity index (χ0n) is 19.5. The molecule has 0 spiro atoms. The predicted molar refractivity (Wildman–Crippen MR) is 148 cm³/mol. The van der Waals surface area contributed by atoms with Crippen LogP contribution in [0.15, 0.2) is 77.3 Å². The zero-order chi connectivity index (χ0) is 25.0. The van der Waals surface area contributed by atoms with Crippen LogP contribution in [0, 0.1) is 0 Å². The molecule has 0 aliphatic heterocycles. The van der Waals surface area contributed by atoms with Crippen molar-refractivity contribution in [1.29, 1.82) is 0 Å². The molecule has 0 aromatic heterocycles. The summed E-state index contributed by atoms with van der Waals surface area (Å²) in [7, 11) is 0. The van der Waals surface area contributed by atoms with Crippen LogP contribution in [-0.2, 0) is 11.2 Å². The van der Waals surface area contributed by atoms with E-state index in [1.807, 2.05) is 36.4 Å². The lowest BCUT2D eigenvalue weighted by Crippen LogP contribution is -2.34. The van der Waals surface area contributed by atoms with E-state index in [1.54, 1.807) is 36.4 Å². The summed E-state index contributed by atoms with van der Waals surface area (Å²) in [5.74, 6) is 0.0509. The van der Waals surface area contributed by atoms with Gasteiger partial charge in [-0.1, -0.05) is 65.7 Å². The number of rotatable bonds is 10. The highest BCUT2D eigenvalue weighted by atomic mass is 79.9. The van der Waals surface area contributed by atoms with Gasteiger partial charge in [-0.25, -0.2) is 0 Å². The number of aryl methyl sites for hydroxylation is 1. The fraction of sp³-hybridized carbons (Fsp3) is 0.222. The number of ether oxygens (including phenoxy) is 1. The third kappa shape index (κ3) is 8.81. The molecule has 8 heteroatoms. The zero-order valence-corrected chi connectivity index (χ0v) is 21.9. The Hall–Kier alpha value is -3.23. The van der Waals surface area contributed by atoms with Crippen molar-refractivity contribution in [1.82, 2.24) is 5.32 Å². The lowest BCUT2D eigenvalue weighted by atomic mass is 10.1. The molecule has 0 heterocycles. The van der Waals surface area contributed by atoms with E-state index < -0.39 is 0 Å². The van der Waals surface area contributed by atoms with Crippen molar-refractivity contribution >= 4 is 56.4 Å². The van der Waals surface area contributed by atoms with E-state index in [9.17, 15) is 9.59 Å². The third-order valence-electron chi connectivity index (χ3n) is 5.06. The van der Waals surface area contributed by atoms with Crippen molar-refractivity contribution in [3.8, 4) is 5.75 Å². The third-order valence-corrected chi connectivity index (χ3v) is 5.75. The molecule has 3 rings (SSSR count). The number of anilines is 2. The topological polar surface area (TPSA) is 79.5 Å². The Morgan fingerprint density at radius 1 is 0.943 bits per heavy atom. The van der Waals surface area contributed by atoms with Gasteiger partial charge in [0.15, 0.2) is 5.11 Å². The Kier molecular flexibility index (Phi) is 10.3. The Balaban J connectivity index is 1.56. The van der Waals surface area contributed by atoms with Gasteiger partial charge in [-0.15, -0.1) is 0 Å². The number of hydrogen-bond acceptors (Lipinski definition) is 4. The molecule has 0 unspecified atom stereocenters. The summed E-state index contributed by atoms with van der Waals surface area (Å²) in [5.41, 5.74) is 2.79. The number of thiocarbonyl (C=S) groups is 1. The van der Waals surface area contributed by atoms with Crippen LogP contribution in [0.3, 0.4) is 0 Å². The summed E-state index contributed by atoms with van der Waals surface area (Å²) in [4.78, 5) is 25.2. The van der Waals surface area contributed by atoms with E-state index in [2.05, 4.69) is 38.8 Å². The van der Waals surface area contributed by atoms with Gasteiger partial charge in [0, 0.05) is 22.3 Å². The minimum atomic E-state index is -0.374. The van der Waals surface area contributed by atoms with Gasteiger partial charge in [-0.3, -0.25) is 14.9 Å². The number of nitrogens with one attached hydrogen (secondary N) is 3. The van der Waals surface area contributed by atoms with Crippen LogP contribution in [-0.4, -0.2) is 23.5 Å². The number of carbonyl (C=O) groups excluding carboxylic acids is 2. The fourth-order valence-corrected chi connectivity index (χ4v) is 3.84. The lowest BCUT2D eigenvalue weighted by Gasteiger charge is -2.14. The predicted octanol–water partition coefficient (Wildman–Crippen LogP) is 6.33. The van der Waals surface area contributed by atoms with Crippen LogP contribution in [0.25, 0.3) is 0 Å². The molecule has 0 fully saturated rings. The minimum Gasteiger partial charge on any atom is -0.493 e. The van der Waals surface area contributed by atoms with Gasteiger partial charge in [-0.2, -0.15) is 0 Å². The number of carbonyl (C=O) groups is 2. The molecule has 2 amide bonds. The quantitative estimate of drug-likeness (QED) is 0.202. The molecule has 0 aliphatic carbocycles. The van der Waals surface area contributed by atoms with Crippen molar-refractivity contribution in [2.45, 2.75) is 32.6 Å². The van der Waals surface area contributed by atoms with Gasteiger partial charge in [0.25, 0.3) is 5.91 Å². The first-order chi connectivity index (χ1) is 16.9. The molecule has 0 atom stereocenters. The second-order valence-corrected chi connectivity index (χ2v) is 9.19.